The molecule has 0 aliphatic heterocycles. The maximum Gasteiger partial charge on any atom is 2.00 e. The third-order valence-electron chi connectivity index (χ3n) is 0. The molecule has 0 heterocycles. The molecule has 0 saturated heterocycles. The first-order valence-electron chi connectivity index (χ1n) is 0. The minimum absolute atomic E-state index is 0. The van der Waals surface area contributed by atoms with Gasteiger partial charge in [-0.1, -0.05) is 0 Å². The van der Waals surface area contributed by atoms with Crippen molar-refractivity contribution in [1.82, 2.24) is 0 Å². The Morgan fingerprint density at radius 3 is 1.25 bits per heavy atom. The standard InChI is InChI=1S/Ca.Cu.Fe.K.3H/q+2;;;+1;3*-1. The first kappa shape index (κ1) is 24.6. The smallest absolute Gasteiger partial charge is 1.00 e. The fourth-order valence-electron chi connectivity index (χ4n) is 0. The van der Waals surface area contributed by atoms with Crippen LogP contribution in [0.5, 0.6) is 0 Å². The molecule has 0 unspecified atom stereocenters. The molecule has 0 bridgehead atoms. The van der Waals surface area contributed by atoms with E-state index in [9.17, 15) is 0 Å². The van der Waals surface area contributed by atoms with Gasteiger partial charge in [-0.2, -0.15) is 0 Å². The van der Waals surface area contributed by atoms with Crippen LogP contribution in [0.25, 0.3) is 0 Å². The van der Waals surface area contributed by atoms with E-state index in [2.05, 4.69) is 0 Å². The van der Waals surface area contributed by atoms with E-state index in [0.717, 1.165) is 0 Å². The maximum absolute atomic E-state index is 0. The first-order valence-corrected chi connectivity index (χ1v) is 0. The van der Waals surface area contributed by atoms with Crippen LogP contribution in [0.4, 0.5) is 0 Å². The van der Waals surface area contributed by atoms with Crippen LogP contribution in [0.15, 0.2) is 0 Å². The van der Waals surface area contributed by atoms with Crippen molar-refractivity contribution in [3.05, 3.63) is 0 Å². The second-order valence-corrected chi connectivity index (χ2v) is 0. The molecule has 0 saturated carbocycles. The Labute approximate surface area is 124 Å². The third kappa shape index (κ3) is 9.33. The van der Waals surface area contributed by atoms with Gasteiger partial charge in [0.15, 0.2) is 0 Å². The van der Waals surface area contributed by atoms with E-state index in [1.807, 2.05) is 0 Å². The average Bonchev–Trinajstić information content (AvgIpc) is 0. The van der Waals surface area contributed by atoms with E-state index in [1.165, 1.54) is 0 Å². The number of hydrogen-bond donors (Lipinski definition) is 0. The molecule has 0 rings (SSSR count). The van der Waals surface area contributed by atoms with Crippen LogP contribution >= 0.6 is 0 Å². The number of rotatable bonds is 0. The Balaban J connectivity index is 0. The Hall–Kier alpha value is 3.94. The summed E-state index contributed by atoms with van der Waals surface area (Å²) in [4.78, 5) is 0. The van der Waals surface area contributed by atoms with Gasteiger partial charge in [-0.05, 0) is 0 Å². The van der Waals surface area contributed by atoms with Gasteiger partial charge >= 0.3 is 89.1 Å². The van der Waals surface area contributed by atoms with Gasteiger partial charge in [-0.3, -0.25) is 0 Å². The van der Waals surface area contributed by atoms with Crippen molar-refractivity contribution in [2.45, 2.75) is 0 Å². The Morgan fingerprint density at radius 2 is 1.25 bits per heavy atom. The van der Waals surface area contributed by atoms with Crippen molar-refractivity contribution in [2.24, 2.45) is 0 Å². The zero-order chi connectivity index (χ0) is 0. The summed E-state index contributed by atoms with van der Waals surface area (Å²) in [6.45, 7) is 0. The van der Waals surface area contributed by atoms with Crippen molar-refractivity contribution in [3.8, 4) is 0 Å². The predicted octanol–water partition coefficient (Wildman–Crippen LogP) is -3.04. The van der Waals surface area contributed by atoms with Crippen molar-refractivity contribution >= 4 is 37.7 Å². The summed E-state index contributed by atoms with van der Waals surface area (Å²) in [6.07, 6.45) is 0. The summed E-state index contributed by atoms with van der Waals surface area (Å²) < 4.78 is 0. The minimum atomic E-state index is 0. The molecule has 0 aromatic heterocycles. The van der Waals surface area contributed by atoms with E-state index < -0.39 is 0 Å². The van der Waals surface area contributed by atoms with Crippen molar-refractivity contribution in [2.75, 3.05) is 0 Å². The first-order chi connectivity index (χ1) is 0. The molecule has 4 heteroatoms. The molecular formula is H3CaCuFeK. The number of hydrogen-bond acceptors (Lipinski definition) is 0. The van der Waals surface area contributed by atoms with Crippen LogP contribution < -0.4 is 51.4 Å². The SMILES string of the molecule is [Ca+2].[Cu].[Fe].[H-].[H-].[H-].[K+]. The molecule has 0 aliphatic carbocycles. The second-order valence-electron chi connectivity index (χ2n) is 0. The van der Waals surface area contributed by atoms with Crippen molar-refractivity contribution in [1.29, 1.82) is 0 Å². The summed E-state index contributed by atoms with van der Waals surface area (Å²) in [5, 5.41) is 0. The van der Waals surface area contributed by atoms with Gasteiger partial charge in [0, 0.05) is 34.1 Å². The molecule has 4 heavy (non-hydrogen) atoms. The Kier molecular flexibility index (Phi) is 97.2. The molecule has 0 aliphatic rings. The zero-order valence-corrected chi connectivity index (χ0v) is 9.74. The molecule has 0 aromatic rings. The molecule has 0 aromatic carbocycles. The predicted molar refractivity (Wildman–Crippen MR) is 9.09 cm³/mol. The van der Waals surface area contributed by atoms with Gasteiger partial charge in [0.1, 0.15) is 0 Å². The van der Waals surface area contributed by atoms with E-state index in [-0.39, 0.29) is 128 Å². The van der Waals surface area contributed by atoms with Gasteiger partial charge in [0.2, 0.25) is 0 Å². The monoisotopic (exact) mass is 201 g/mol. The summed E-state index contributed by atoms with van der Waals surface area (Å²) in [5.41, 5.74) is 0. The molecule has 0 fully saturated rings. The molecule has 0 amide bonds. The van der Waals surface area contributed by atoms with Gasteiger partial charge in [-0.15, -0.1) is 0 Å². The fraction of sp³-hybridized carbons (Fsp3) is 0. The summed E-state index contributed by atoms with van der Waals surface area (Å²) in [5.74, 6) is 0. The summed E-state index contributed by atoms with van der Waals surface area (Å²) >= 11 is 0. The topological polar surface area (TPSA) is 0 Å². The summed E-state index contributed by atoms with van der Waals surface area (Å²) in [6, 6.07) is 0. The van der Waals surface area contributed by atoms with E-state index in [1.54, 1.807) is 0 Å². The Morgan fingerprint density at radius 1 is 1.25 bits per heavy atom. The van der Waals surface area contributed by atoms with Gasteiger partial charge in [0.05, 0.1) is 0 Å². The van der Waals surface area contributed by atoms with Crippen molar-refractivity contribution in [3.63, 3.8) is 0 Å². The molecule has 0 spiro atoms. The van der Waals surface area contributed by atoms with E-state index in [4.69, 9.17) is 0 Å². The van der Waals surface area contributed by atoms with Crippen LogP contribution in [-0.4, -0.2) is 37.7 Å². The largest absolute Gasteiger partial charge is 2.00 e. The van der Waals surface area contributed by atoms with Crippen LogP contribution in [0.2, 0.25) is 0 Å². The van der Waals surface area contributed by atoms with Crippen molar-refractivity contribution < 1.29 is 89.8 Å². The van der Waals surface area contributed by atoms with Crippen LogP contribution in [0.3, 0.4) is 0 Å². The van der Waals surface area contributed by atoms with Crippen LogP contribution in [-0.2, 0) is 34.1 Å². The molecule has 25 valence electrons. The van der Waals surface area contributed by atoms with Gasteiger partial charge in [0.25, 0.3) is 0 Å². The van der Waals surface area contributed by atoms with E-state index >= 15 is 0 Å². The Bertz CT molecular complexity index is 14.9. The second kappa shape index (κ2) is 15.8. The molecular weight excluding hydrogens is 199 g/mol. The minimum Gasteiger partial charge on any atom is -1.00 e. The quantitative estimate of drug-likeness (QED) is 0.366. The third-order valence-corrected chi connectivity index (χ3v) is 0. The molecule has 1 radical (unpaired) electrons. The van der Waals surface area contributed by atoms with Gasteiger partial charge in [-0.25, -0.2) is 0 Å². The summed E-state index contributed by atoms with van der Waals surface area (Å²) in [7, 11) is 0. The molecule has 0 atom stereocenters. The maximum atomic E-state index is 0. The van der Waals surface area contributed by atoms with Crippen LogP contribution in [0, 0.1) is 0 Å². The molecule has 0 N–H and O–H groups in total. The average molecular weight is 202 g/mol. The zero-order valence-electron chi connectivity index (χ0n) is 5.36. The van der Waals surface area contributed by atoms with Gasteiger partial charge < -0.3 is 4.28 Å². The normalized spacial score (nSPS) is 0. The fourth-order valence-corrected chi connectivity index (χ4v) is 0. The molecule has 0 nitrogen and oxygen atoms in total. The van der Waals surface area contributed by atoms with E-state index in [0.29, 0.717) is 0 Å². The van der Waals surface area contributed by atoms with Crippen LogP contribution in [0.1, 0.15) is 4.28 Å².